The van der Waals surface area contributed by atoms with E-state index in [1.54, 1.807) is 13.8 Å². The maximum Gasteiger partial charge on any atom is 0.101 e. The topological polar surface area (TPSA) is 70.1 Å². The van der Waals surface area contributed by atoms with Crippen LogP contribution in [-0.4, -0.2) is 16.4 Å². The van der Waals surface area contributed by atoms with Gasteiger partial charge < -0.3 is 16.2 Å². The molecule has 0 aromatic rings. The molecule has 13 heavy (non-hydrogen) atoms. The van der Waals surface area contributed by atoms with Crippen LogP contribution in [0.4, 0.5) is 0 Å². The minimum atomic E-state index is -1.06. The number of allylic oxidation sites excluding steroid dienone is 1. The molecular weight excluding hydrogens is 164 g/mol. The van der Waals surface area contributed by atoms with Gasteiger partial charge in [-0.15, -0.1) is 0 Å². The summed E-state index contributed by atoms with van der Waals surface area (Å²) in [5, 5.41) is 17.4. The summed E-state index contributed by atoms with van der Waals surface area (Å²) in [5.41, 5.74) is 6.68. The monoisotopic (exact) mass is 182 g/mol. The second-order valence-electron chi connectivity index (χ2n) is 4.14. The highest BCUT2D eigenvalue weighted by Crippen LogP contribution is 2.25. The van der Waals surface area contributed by atoms with Crippen molar-refractivity contribution in [3.63, 3.8) is 0 Å². The Hall–Kier alpha value is -0.830. The quantitative estimate of drug-likeness (QED) is 0.567. The van der Waals surface area contributed by atoms with E-state index in [-0.39, 0.29) is 5.71 Å². The van der Waals surface area contributed by atoms with Crippen LogP contribution in [0.1, 0.15) is 39.5 Å². The molecule has 74 valence electrons. The molecule has 0 unspecified atom stereocenters. The lowest BCUT2D eigenvalue weighted by molar-refractivity contribution is 0.153. The maximum atomic E-state index is 9.64. The highest BCUT2D eigenvalue weighted by molar-refractivity contribution is 6.03. The molecule has 0 bridgehead atoms. The Bertz CT molecular complexity index is 248. The Morgan fingerprint density at radius 2 is 1.92 bits per heavy atom. The van der Waals surface area contributed by atoms with Crippen molar-refractivity contribution in [3.8, 4) is 0 Å². The smallest absolute Gasteiger partial charge is 0.101 e. The maximum absolute atomic E-state index is 9.64. The van der Waals surface area contributed by atoms with Crippen molar-refractivity contribution in [2.24, 2.45) is 5.73 Å². The standard InChI is InChI=1S/C10H18N2O/c1-10(2,13)9(12)7-5-3-4-6-8(7)11/h12-13H,3-6,11H2,1-2H3. The molecule has 0 saturated carbocycles. The van der Waals surface area contributed by atoms with Crippen LogP contribution in [-0.2, 0) is 0 Å². The molecule has 3 nitrogen and oxygen atoms in total. The molecule has 0 radical (unpaired) electrons. The van der Waals surface area contributed by atoms with E-state index in [0.29, 0.717) is 0 Å². The van der Waals surface area contributed by atoms with Gasteiger partial charge in [0.1, 0.15) is 5.60 Å². The Labute approximate surface area is 79.1 Å². The van der Waals surface area contributed by atoms with E-state index in [1.807, 2.05) is 0 Å². The molecule has 0 amide bonds. The number of rotatable bonds is 2. The van der Waals surface area contributed by atoms with Crippen molar-refractivity contribution < 1.29 is 5.11 Å². The predicted molar refractivity (Wildman–Crippen MR) is 53.7 cm³/mol. The molecule has 0 saturated heterocycles. The second-order valence-corrected chi connectivity index (χ2v) is 4.14. The fourth-order valence-corrected chi connectivity index (χ4v) is 1.58. The molecule has 0 spiro atoms. The van der Waals surface area contributed by atoms with Gasteiger partial charge in [0.2, 0.25) is 0 Å². The van der Waals surface area contributed by atoms with Gasteiger partial charge in [0.25, 0.3) is 0 Å². The van der Waals surface area contributed by atoms with Crippen molar-refractivity contribution >= 4 is 5.71 Å². The summed E-state index contributed by atoms with van der Waals surface area (Å²) in [6.07, 6.45) is 3.89. The molecule has 1 aliphatic carbocycles. The van der Waals surface area contributed by atoms with Gasteiger partial charge in [0.15, 0.2) is 0 Å². The normalized spacial score (nSPS) is 19.0. The van der Waals surface area contributed by atoms with Gasteiger partial charge in [-0.1, -0.05) is 0 Å². The summed E-state index contributed by atoms with van der Waals surface area (Å²) in [7, 11) is 0. The summed E-state index contributed by atoms with van der Waals surface area (Å²) < 4.78 is 0. The van der Waals surface area contributed by atoms with E-state index in [1.165, 1.54) is 0 Å². The van der Waals surface area contributed by atoms with Crippen LogP contribution in [0.5, 0.6) is 0 Å². The van der Waals surface area contributed by atoms with Gasteiger partial charge in [-0.3, -0.25) is 0 Å². The van der Waals surface area contributed by atoms with Crippen molar-refractivity contribution in [1.29, 1.82) is 5.41 Å². The van der Waals surface area contributed by atoms with Gasteiger partial charge in [0.05, 0.1) is 5.71 Å². The fourth-order valence-electron chi connectivity index (χ4n) is 1.58. The van der Waals surface area contributed by atoms with Gasteiger partial charge in [-0.05, 0) is 45.1 Å². The number of nitrogens with two attached hydrogens (primary N) is 1. The van der Waals surface area contributed by atoms with Gasteiger partial charge in [-0.25, -0.2) is 0 Å². The Morgan fingerprint density at radius 3 is 2.38 bits per heavy atom. The lowest BCUT2D eigenvalue weighted by atomic mass is 9.87. The van der Waals surface area contributed by atoms with E-state index in [4.69, 9.17) is 11.1 Å². The third-order valence-corrected chi connectivity index (χ3v) is 2.42. The lowest BCUT2D eigenvalue weighted by Gasteiger charge is -2.25. The first-order valence-electron chi connectivity index (χ1n) is 4.72. The van der Waals surface area contributed by atoms with Crippen LogP contribution >= 0.6 is 0 Å². The molecule has 0 aromatic heterocycles. The minimum Gasteiger partial charge on any atom is -0.402 e. The van der Waals surface area contributed by atoms with Crippen LogP contribution in [0.25, 0.3) is 0 Å². The molecule has 1 aliphatic rings. The molecule has 3 heteroatoms. The lowest BCUT2D eigenvalue weighted by Crippen LogP contribution is -2.34. The van der Waals surface area contributed by atoms with Gasteiger partial charge in [0, 0.05) is 5.70 Å². The van der Waals surface area contributed by atoms with Crippen molar-refractivity contribution in [2.75, 3.05) is 0 Å². The van der Waals surface area contributed by atoms with Crippen LogP contribution in [0.15, 0.2) is 11.3 Å². The number of hydrogen-bond donors (Lipinski definition) is 3. The van der Waals surface area contributed by atoms with E-state index < -0.39 is 5.60 Å². The van der Waals surface area contributed by atoms with E-state index in [0.717, 1.165) is 37.0 Å². The zero-order valence-corrected chi connectivity index (χ0v) is 8.35. The molecule has 0 heterocycles. The van der Waals surface area contributed by atoms with E-state index in [2.05, 4.69) is 0 Å². The number of aliphatic hydroxyl groups is 1. The third kappa shape index (κ3) is 2.31. The fraction of sp³-hybridized carbons (Fsp3) is 0.700. The molecular formula is C10H18N2O. The minimum absolute atomic E-state index is 0.282. The van der Waals surface area contributed by atoms with Gasteiger partial charge >= 0.3 is 0 Å². The van der Waals surface area contributed by atoms with Crippen LogP contribution in [0.2, 0.25) is 0 Å². The number of nitrogens with one attached hydrogen (secondary N) is 1. The van der Waals surface area contributed by atoms with Crippen LogP contribution < -0.4 is 5.73 Å². The first kappa shape index (κ1) is 10.3. The van der Waals surface area contributed by atoms with Crippen LogP contribution in [0.3, 0.4) is 0 Å². The average molecular weight is 182 g/mol. The molecule has 0 atom stereocenters. The summed E-state index contributed by atoms with van der Waals surface area (Å²) in [5.74, 6) is 0. The summed E-state index contributed by atoms with van der Waals surface area (Å²) in [6, 6.07) is 0. The average Bonchev–Trinajstić information content (AvgIpc) is 2.02. The highest BCUT2D eigenvalue weighted by atomic mass is 16.3. The zero-order chi connectivity index (χ0) is 10.1. The second kappa shape index (κ2) is 3.50. The SMILES string of the molecule is CC(C)(O)C(=N)C1=C(N)CCCC1. The summed E-state index contributed by atoms with van der Waals surface area (Å²) in [6.45, 7) is 3.26. The van der Waals surface area contributed by atoms with Crippen molar-refractivity contribution in [2.45, 2.75) is 45.1 Å². The molecule has 4 N–H and O–H groups in total. The third-order valence-electron chi connectivity index (χ3n) is 2.42. The predicted octanol–water partition coefficient (Wildman–Crippen LogP) is 1.56. The Balaban J connectivity index is 2.87. The Kier molecular flexibility index (Phi) is 2.76. The molecule has 0 aromatic carbocycles. The zero-order valence-electron chi connectivity index (χ0n) is 8.35. The first-order chi connectivity index (χ1) is 5.93. The largest absolute Gasteiger partial charge is 0.402 e. The van der Waals surface area contributed by atoms with Crippen molar-refractivity contribution in [1.82, 2.24) is 0 Å². The van der Waals surface area contributed by atoms with E-state index in [9.17, 15) is 5.11 Å². The van der Waals surface area contributed by atoms with Crippen molar-refractivity contribution in [3.05, 3.63) is 11.3 Å². The molecule has 0 aliphatic heterocycles. The van der Waals surface area contributed by atoms with Gasteiger partial charge in [-0.2, -0.15) is 0 Å². The van der Waals surface area contributed by atoms with E-state index >= 15 is 0 Å². The summed E-state index contributed by atoms with van der Waals surface area (Å²) >= 11 is 0. The molecule has 1 rings (SSSR count). The summed E-state index contributed by atoms with van der Waals surface area (Å²) in [4.78, 5) is 0. The highest BCUT2D eigenvalue weighted by Gasteiger charge is 2.25. The molecule has 0 fully saturated rings. The van der Waals surface area contributed by atoms with Crippen LogP contribution in [0, 0.1) is 5.41 Å². The Morgan fingerprint density at radius 1 is 1.38 bits per heavy atom. The number of hydrogen-bond acceptors (Lipinski definition) is 3. The first-order valence-corrected chi connectivity index (χ1v) is 4.72.